The SMILES string of the molecule is C=CCCC(=O)NCCc1nnc(SCc2cccc(Cl)c2)n1C. The normalized spacial score (nSPS) is 10.6. The highest BCUT2D eigenvalue weighted by Gasteiger charge is 2.10. The zero-order valence-electron chi connectivity index (χ0n) is 13.7. The Bertz CT molecular complexity index is 702. The second-order valence-electron chi connectivity index (χ2n) is 5.30. The fraction of sp³-hybridized carbons (Fsp3) is 0.353. The number of allylic oxidation sites excluding steroid dienone is 1. The van der Waals surface area contributed by atoms with Gasteiger partial charge in [-0.25, -0.2) is 0 Å². The van der Waals surface area contributed by atoms with E-state index in [2.05, 4.69) is 22.1 Å². The monoisotopic (exact) mass is 364 g/mol. The number of nitrogens with one attached hydrogen (secondary N) is 1. The number of carbonyl (C=O) groups excluding carboxylic acids is 1. The topological polar surface area (TPSA) is 59.8 Å². The lowest BCUT2D eigenvalue weighted by atomic mass is 10.2. The summed E-state index contributed by atoms with van der Waals surface area (Å²) < 4.78 is 1.96. The van der Waals surface area contributed by atoms with Crippen LogP contribution in [0.1, 0.15) is 24.2 Å². The van der Waals surface area contributed by atoms with Crippen molar-refractivity contribution in [2.24, 2.45) is 7.05 Å². The number of rotatable bonds is 9. The Morgan fingerprint density at radius 2 is 2.29 bits per heavy atom. The van der Waals surface area contributed by atoms with E-state index in [1.807, 2.05) is 35.9 Å². The zero-order chi connectivity index (χ0) is 17.4. The number of hydrogen-bond acceptors (Lipinski definition) is 4. The van der Waals surface area contributed by atoms with Crippen molar-refractivity contribution in [1.82, 2.24) is 20.1 Å². The summed E-state index contributed by atoms with van der Waals surface area (Å²) in [7, 11) is 1.94. The number of nitrogens with zero attached hydrogens (tertiary/aromatic N) is 3. The van der Waals surface area contributed by atoms with Gasteiger partial charge in [-0.2, -0.15) is 0 Å². The fourth-order valence-electron chi connectivity index (χ4n) is 2.10. The largest absolute Gasteiger partial charge is 0.356 e. The van der Waals surface area contributed by atoms with Crippen LogP contribution in [-0.2, 0) is 24.0 Å². The van der Waals surface area contributed by atoms with Crippen LogP contribution < -0.4 is 5.32 Å². The van der Waals surface area contributed by atoms with Crippen molar-refractivity contribution < 1.29 is 4.79 Å². The van der Waals surface area contributed by atoms with Gasteiger partial charge in [-0.05, 0) is 24.1 Å². The Balaban J connectivity index is 1.82. The first-order valence-corrected chi connectivity index (χ1v) is 9.09. The molecule has 1 aromatic heterocycles. The molecule has 1 amide bonds. The number of aromatic nitrogens is 3. The van der Waals surface area contributed by atoms with Crippen LogP contribution in [-0.4, -0.2) is 27.2 Å². The van der Waals surface area contributed by atoms with Gasteiger partial charge in [0, 0.05) is 37.2 Å². The average molecular weight is 365 g/mol. The zero-order valence-corrected chi connectivity index (χ0v) is 15.2. The summed E-state index contributed by atoms with van der Waals surface area (Å²) in [6, 6.07) is 7.79. The number of benzene rings is 1. The first-order chi connectivity index (χ1) is 11.6. The lowest BCUT2D eigenvalue weighted by molar-refractivity contribution is -0.120. The van der Waals surface area contributed by atoms with E-state index in [1.165, 1.54) is 0 Å². The smallest absolute Gasteiger partial charge is 0.220 e. The third kappa shape index (κ3) is 5.69. The molecule has 0 spiro atoms. The van der Waals surface area contributed by atoms with Crippen molar-refractivity contribution in [1.29, 1.82) is 0 Å². The number of carbonyl (C=O) groups is 1. The molecular formula is C17H21ClN4OS. The van der Waals surface area contributed by atoms with Gasteiger partial charge in [-0.1, -0.05) is 41.6 Å². The Hall–Kier alpha value is -1.79. The number of thioether (sulfide) groups is 1. The molecular weight excluding hydrogens is 344 g/mol. The summed E-state index contributed by atoms with van der Waals surface area (Å²) in [6.45, 7) is 4.16. The van der Waals surface area contributed by atoms with Crippen LogP contribution in [0.3, 0.4) is 0 Å². The van der Waals surface area contributed by atoms with Gasteiger partial charge in [0.25, 0.3) is 0 Å². The number of halogens is 1. The van der Waals surface area contributed by atoms with Gasteiger partial charge in [0.1, 0.15) is 5.82 Å². The lowest BCUT2D eigenvalue weighted by Crippen LogP contribution is -2.25. The first-order valence-electron chi connectivity index (χ1n) is 7.73. The molecule has 1 aromatic carbocycles. The van der Waals surface area contributed by atoms with E-state index in [0.717, 1.165) is 27.3 Å². The summed E-state index contributed by atoms with van der Waals surface area (Å²) in [5.41, 5.74) is 1.14. The van der Waals surface area contributed by atoms with E-state index >= 15 is 0 Å². The van der Waals surface area contributed by atoms with Crippen LogP contribution >= 0.6 is 23.4 Å². The molecule has 0 fully saturated rings. The van der Waals surface area contributed by atoms with Gasteiger partial charge in [0.05, 0.1) is 0 Å². The fourth-order valence-corrected chi connectivity index (χ4v) is 3.18. The van der Waals surface area contributed by atoms with Crippen molar-refractivity contribution in [2.45, 2.75) is 30.2 Å². The Morgan fingerprint density at radius 1 is 1.46 bits per heavy atom. The third-order valence-electron chi connectivity index (χ3n) is 3.43. The molecule has 0 unspecified atom stereocenters. The van der Waals surface area contributed by atoms with Crippen LogP contribution in [0.5, 0.6) is 0 Å². The Labute approximate surface area is 151 Å². The van der Waals surface area contributed by atoms with Gasteiger partial charge in [-0.15, -0.1) is 16.8 Å². The Morgan fingerprint density at radius 3 is 3.04 bits per heavy atom. The summed E-state index contributed by atoms with van der Waals surface area (Å²) in [6.07, 6.45) is 3.57. The van der Waals surface area contributed by atoms with Gasteiger partial charge < -0.3 is 9.88 Å². The summed E-state index contributed by atoms with van der Waals surface area (Å²) in [5, 5.41) is 12.9. The van der Waals surface area contributed by atoms with Crippen LogP contribution in [0.25, 0.3) is 0 Å². The predicted octanol–water partition coefficient (Wildman–Crippen LogP) is 3.39. The molecule has 0 atom stereocenters. The molecule has 0 aliphatic carbocycles. The highest BCUT2D eigenvalue weighted by molar-refractivity contribution is 7.98. The maximum absolute atomic E-state index is 11.6. The summed E-state index contributed by atoms with van der Waals surface area (Å²) >= 11 is 7.61. The van der Waals surface area contributed by atoms with Gasteiger partial charge in [0.2, 0.25) is 5.91 Å². The molecule has 128 valence electrons. The van der Waals surface area contributed by atoms with E-state index in [4.69, 9.17) is 11.6 Å². The standard InChI is InChI=1S/C17H21ClN4OS/c1-3-4-8-16(23)19-10-9-15-20-21-17(22(15)2)24-12-13-6-5-7-14(18)11-13/h3,5-7,11H,1,4,8-10,12H2,2H3,(H,19,23). The van der Waals surface area contributed by atoms with Crippen LogP contribution in [0.2, 0.25) is 5.02 Å². The second kappa shape index (κ2) is 9.49. The number of hydrogen-bond donors (Lipinski definition) is 1. The molecule has 2 rings (SSSR count). The maximum Gasteiger partial charge on any atom is 0.220 e. The average Bonchev–Trinajstić information content (AvgIpc) is 2.91. The van der Waals surface area contributed by atoms with Gasteiger partial charge >= 0.3 is 0 Å². The predicted molar refractivity (Wildman–Crippen MR) is 98.2 cm³/mol. The Kier molecular flexibility index (Phi) is 7.34. The minimum Gasteiger partial charge on any atom is -0.356 e. The van der Waals surface area contributed by atoms with Crippen molar-refractivity contribution in [3.63, 3.8) is 0 Å². The van der Waals surface area contributed by atoms with Gasteiger partial charge in [-0.3, -0.25) is 4.79 Å². The molecule has 7 heteroatoms. The quantitative estimate of drug-likeness (QED) is 0.547. The van der Waals surface area contributed by atoms with Crippen molar-refractivity contribution in [2.75, 3.05) is 6.54 Å². The lowest BCUT2D eigenvalue weighted by Gasteiger charge is -2.06. The molecule has 5 nitrogen and oxygen atoms in total. The van der Waals surface area contributed by atoms with E-state index in [0.29, 0.717) is 25.8 Å². The molecule has 1 heterocycles. The van der Waals surface area contributed by atoms with Crippen LogP contribution in [0.4, 0.5) is 0 Å². The molecule has 1 N–H and O–H groups in total. The summed E-state index contributed by atoms with van der Waals surface area (Å²) in [5.74, 6) is 1.67. The molecule has 0 saturated carbocycles. The van der Waals surface area contributed by atoms with E-state index in [1.54, 1.807) is 17.8 Å². The summed E-state index contributed by atoms with van der Waals surface area (Å²) in [4.78, 5) is 11.6. The van der Waals surface area contributed by atoms with Crippen LogP contribution in [0.15, 0.2) is 42.1 Å². The highest BCUT2D eigenvalue weighted by Crippen LogP contribution is 2.22. The number of amides is 1. The molecule has 24 heavy (non-hydrogen) atoms. The van der Waals surface area contributed by atoms with Crippen molar-refractivity contribution in [3.05, 3.63) is 53.3 Å². The van der Waals surface area contributed by atoms with E-state index in [-0.39, 0.29) is 5.91 Å². The minimum absolute atomic E-state index is 0.0348. The van der Waals surface area contributed by atoms with E-state index in [9.17, 15) is 4.79 Å². The molecule has 0 radical (unpaired) electrons. The minimum atomic E-state index is 0.0348. The first kappa shape index (κ1) is 18.5. The maximum atomic E-state index is 11.6. The second-order valence-corrected chi connectivity index (χ2v) is 6.68. The molecule has 0 aliphatic rings. The third-order valence-corrected chi connectivity index (χ3v) is 4.75. The van der Waals surface area contributed by atoms with Crippen molar-refractivity contribution >= 4 is 29.3 Å². The highest BCUT2D eigenvalue weighted by atomic mass is 35.5. The molecule has 0 bridgehead atoms. The molecule has 0 aliphatic heterocycles. The van der Waals surface area contributed by atoms with Gasteiger partial charge in [0.15, 0.2) is 5.16 Å². The van der Waals surface area contributed by atoms with Crippen molar-refractivity contribution in [3.8, 4) is 0 Å². The molecule has 0 saturated heterocycles. The van der Waals surface area contributed by atoms with Crippen LogP contribution in [0, 0.1) is 0 Å². The van der Waals surface area contributed by atoms with E-state index < -0.39 is 0 Å². The molecule has 2 aromatic rings.